The third kappa shape index (κ3) is 53.7. The Kier molecular flexibility index (Phi) is 50.3. The number of aliphatic hydroxyl groups excluding tert-OH is 1. The monoisotopic (exact) mass is 1000 g/mol. The number of nitrogens with one attached hydrogen (secondary N) is 1. The summed E-state index contributed by atoms with van der Waals surface area (Å²) in [5.74, 6) is -0.206. The van der Waals surface area contributed by atoms with Crippen molar-refractivity contribution in [3.8, 4) is 0 Å². The molecule has 9 heteroatoms. The highest BCUT2D eigenvalue weighted by molar-refractivity contribution is 7.45. The average molecular weight is 1000 g/mol. The topological polar surface area (TPSA) is 108 Å². The number of phosphoric ester groups is 1. The van der Waals surface area contributed by atoms with E-state index in [0.29, 0.717) is 17.4 Å². The van der Waals surface area contributed by atoms with Crippen LogP contribution in [0.15, 0.2) is 72.9 Å². The second kappa shape index (κ2) is 51.8. The number of rotatable bonds is 53. The first-order valence-corrected chi connectivity index (χ1v) is 30.8. The molecule has 8 nitrogen and oxygen atoms in total. The summed E-state index contributed by atoms with van der Waals surface area (Å²) in [6, 6.07) is -0.905. The number of carbonyl (C=O) groups excluding carboxylic acids is 1. The van der Waals surface area contributed by atoms with Crippen LogP contribution in [-0.2, 0) is 18.4 Å². The molecule has 0 aliphatic rings. The number of hydrogen-bond donors (Lipinski definition) is 2. The SMILES string of the molecule is CC/C=C\C/C=C\C/C=C\C/C=C\CCCCCCCCCCCCCCCCCCCCC(=O)NC(COP(=O)([O-])OCC[N+](C)(C)C)C(O)/C=C/CC/C=C/CCCCCCCCCCCCC. The lowest BCUT2D eigenvalue weighted by molar-refractivity contribution is -0.870. The highest BCUT2D eigenvalue weighted by Crippen LogP contribution is 2.38. The Morgan fingerprint density at radius 1 is 0.514 bits per heavy atom. The maximum absolute atomic E-state index is 13.0. The minimum atomic E-state index is -4.61. The van der Waals surface area contributed by atoms with E-state index < -0.39 is 26.6 Å². The minimum Gasteiger partial charge on any atom is -0.756 e. The minimum absolute atomic E-state index is 0.00730. The molecule has 0 aromatic carbocycles. The fourth-order valence-corrected chi connectivity index (χ4v) is 9.06. The van der Waals surface area contributed by atoms with Crippen LogP contribution in [0.1, 0.15) is 258 Å². The average Bonchev–Trinajstić information content (AvgIpc) is 3.32. The van der Waals surface area contributed by atoms with Crippen molar-refractivity contribution < 1.29 is 32.9 Å². The van der Waals surface area contributed by atoms with Gasteiger partial charge in [0.2, 0.25) is 5.91 Å². The van der Waals surface area contributed by atoms with E-state index in [-0.39, 0.29) is 12.5 Å². The van der Waals surface area contributed by atoms with Gasteiger partial charge in [0, 0.05) is 6.42 Å². The van der Waals surface area contributed by atoms with Crippen LogP contribution in [0, 0.1) is 0 Å². The Labute approximate surface area is 434 Å². The van der Waals surface area contributed by atoms with Crippen molar-refractivity contribution >= 4 is 13.7 Å². The fraction of sp³-hybridized carbons (Fsp3) is 0.787. The zero-order valence-corrected chi connectivity index (χ0v) is 47.4. The first kappa shape index (κ1) is 67.9. The summed E-state index contributed by atoms with van der Waals surface area (Å²) in [6.45, 7) is 4.53. The van der Waals surface area contributed by atoms with Crippen LogP contribution in [0.3, 0.4) is 0 Å². The summed E-state index contributed by atoms with van der Waals surface area (Å²) < 4.78 is 23.3. The second-order valence-electron chi connectivity index (χ2n) is 21.0. The van der Waals surface area contributed by atoms with Gasteiger partial charge in [0.1, 0.15) is 13.2 Å². The molecule has 0 radical (unpaired) electrons. The molecule has 0 aliphatic carbocycles. The number of hydrogen-bond acceptors (Lipinski definition) is 6. The Balaban J connectivity index is 4.13. The molecule has 2 N–H and O–H groups in total. The highest BCUT2D eigenvalue weighted by Gasteiger charge is 2.23. The van der Waals surface area contributed by atoms with E-state index in [2.05, 4.69) is 79.9 Å². The number of nitrogens with zero attached hydrogens (tertiary/aromatic N) is 1. The van der Waals surface area contributed by atoms with Gasteiger partial charge >= 0.3 is 0 Å². The van der Waals surface area contributed by atoms with Crippen molar-refractivity contribution in [2.45, 2.75) is 270 Å². The second-order valence-corrected chi connectivity index (χ2v) is 22.4. The number of aliphatic hydroxyl groups is 1. The van der Waals surface area contributed by atoms with Crippen molar-refractivity contribution in [1.82, 2.24) is 5.32 Å². The molecule has 0 fully saturated rings. The summed E-state index contributed by atoms with van der Waals surface area (Å²) in [7, 11) is 1.25. The zero-order valence-electron chi connectivity index (χ0n) is 46.5. The number of unbranched alkanes of at least 4 members (excludes halogenated alkanes) is 30. The van der Waals surface area contributed by atoms with Crippen LogP contribution < -0.4 is 10.2 Å². The molecule has 0 aromatic heterocycles. The fourth-order valence-electron chi connectivity index (χ4n) is 8.34. The molecular formula is C61H113N2O6P. The van der Waals surface area contributed by atoms with Crippen LogP contribution in [0.25, 0.3) is 0 Å². The number of likely N-dealkylation sites (N-methyl/N-ethyl adjacent to an activating group) is 1. The van der Waals surface area contributed by atoms with Crippen molar-refractivity contribution in [1.29, 1.82) is 0 Å². The number of carbonyl (C=O) groups is 1. The van der Waals surface area contributed by atoms with Gasteiger partial charge in [0.05, 0.1) is 39.9 Å². The molecule has 0 saturated carbocycles. The van der Waals surface area contributed by atoms with Gasteiger partial charge in [-0.25, -0.2) is 0 Å². The van der Waals surface area contributed by atoms with Crippen molar-refractivity contribution in [3.05, 3.63) is 72.9 Å². The van der Waals surface area contributed by atoms with E-state index in [1.165, 1.54) is 173 Å². The van der Waals surface area contributed by atoms with Gasteiger partial charge in [-0.2, -0.15) is 0 Å². The summed E-state index contributed by atoms with van der Waals surface area (Å²) in [4.78, 5) is 25.5. The van der Waals surface area contributed by atoms with Gasteiger partial charge in [0.15, 0.2) is 0 Å². The number of phosphoric acid groups is 1. The lowest BCUT2D eigenvalue weighted by Crippen LogP contribution is -2.45. The quantitative estimate of drug-likeness (QED) is 0.0272. The molecule has 0 aromatic rings. The smallest absolute Gasteiger partial charge is 0.268 e. The first-order valence-electron chi connectivity index (χ1n) is 29.3. The van der Waals surface area contributed by atoms with Crippen molar-refractivity contribution in [2.24, 2.45) is 0 Å². The molecule has 1 amide bonds. The summed E-state index contributed by atoms with van der Waals surface area (Å²) in [5, 5.41) is 13.9. The molecule has 0 aliphatic heterocycles. The van der Waals surface area contributed by atoms with Gasteiger partial charge < -0.3 is 28.8 Å². The van der Waals surface area contributed by atoms with Crippen LogP contribution in [0.5, 0.6) is 0 Å². The molecule has 408 valence electrons. The van der Waals surface area contributed by atoms with Gasteiger partial charge in [0.25, 0.3) is 7.82 Å². The Bertz CT molecular complexity index is 1370. The third-order valence-corrected chi connectivity index (χ3v) is 13.9. The molecule has 3 atom stereocenters. The van der Waals surface area contributed by atoms with Gasteiger partial charge in [-0.1, -0.05) is 254 Å². The molecule has 0 rings (SSSR count). The van der Waals surface area contributed by atoms with E-state index in [1.54, 1.807) is 6.08 Å². The molecule has 0 bridgehead atoms. The predicted octanol–water partition coefficient (Wildman–Crippen LogP) is 17.2. The summed E-state index contributed by atoms with van der Waals surface area (Å²) >= 11 is 0. The molecule has 0 spiro atoms. The van der Waals surface area contributed by atoms with Gasteiger partial charge in [-0.05, 0) is 70.6 Å². The van der Waals surface area contributed by atoms with E-state index in [4.69, 9.17) is 9.05 Å². The normalized spacial score (nSPS) is 14.4. The molecule has 0 saturated heterocycles. The van der Waals surface area contributed by atoms with Crippen LogP contribution in [0.4, 0.5) is 0 Å². The zero-order chi connectivity index (χ0) is 51.3. The number of allylic oxidation sites excluding steroid dienone is 11. The van der Waals surface area contributed by atoms with E-state index in [0.717, 1.165) is 64.2 Å². The molecule has 3 unspecified atom stereocenters. The van der Waals surface area contributed by atoms with E-state index >= 15 is 0 Å². The van der Waals surface area contributed by atoms with Crippen LogP contribution in [0.2, 0.25) is 0 Å². The van der Waals surface area contributed by atoms with Gasteiger partial charge in [-0.3, -0.25) is 9.36 Å². The maximum atomic E-state index is 13.0. The third-order valence-electron chi connectivity index (χ3n) is 12.9. The number of quaternary nitrogens is 1. The van der Waals surface area contributed by atoms with Gasteiger partial charge in [-0.15, -0.1) is 0 Å². The lowest BCUT2D eigenvalue weighted by atomic mass is 10.0. The lowest BCUT2D eigenvalue weighted by Gasteiger charge is -2.29. The standard InChI is InChI=1S/C61H113N2O6P/c1-6-8-10-12-14-16-18-20-22-24-25-26-27-28-29-30-31-32-33-34-35-36-37-39-41-43-45-47-49-51-53-55-61(65)62-59(58-69-70(66,67)68-57-56-63(3,4)5)60(64)54-52-50-48-46-44-42-40-38-23-21-19-17-15-13-11-9-7-2/h8,10,14,16,20,22,25-26,44,46,52,54,59-60,64H,6-7,9,11-13,15,17-19,21,23-24,27-43,45,47-51,53,55-58H2,1-5H3,(H-,62,65,66,67)/b10-8-,16-14-,22-20-,26-25-,46-44+,54-52+. The largest absolute Gasteiger partial charge is 0.756 e. The van der Waals surface area contributed by atoms with Crippen LogP contribution in [-0.4, -0.2) is 68.5 Å². The molecular weight excluding hydrogens is 888 g/mol. The highest BCUT2D eigenvalue weighted by atomic mass is 31.2. The predicted molar refractivity (Wildman–Crippen MR) is 302 cm³/mol. The van der Waals surface area contributed by atoms with Crippen molar-refractivity contribution in [3.63, 3.8) is 0 Å². The first-order chi connectivity index (χ1) is 34.0. The van der Waals surface area contributed by atoms with E-state index in [1.807, 2.05) is 27.2 Å². The Hall–Kier alpha value is -2.06. The summed E-state index contributed by atoms with van der Waals surface area (Å²) in [6.07, 6.45) is 71.3. The molecule has 0 heterocycles. The Morgan fingerprint density at radius 3 is 1.33 bits per heavy atom. The molecule has 70 heavy (non-hydrogen) atoms. The Morgan fingerprint density at radius 2 is 0.886 bits per heavy atom. The number of amides is 1. The van der Waals surface area contributed by atoms with Crippen molar-refractivity contribution in [2.75, 3.05) is 40.9 Å². The summed E-state index contributed by atoms with van der Waals surface area (Å²) in [5.41, 5.74) is 0. The van der Waals surface area contributed by atoms with E-state index in [9.17, 15) is 19.4 Å². The maximum Gasteiger partial charge on any atom is 0.268 e. The van der Waals surface area contributed by atoms with Crippen LogP contribution >= 0.6 is 7.82 Å².